The van der Waals surface area contributed by atoms with Crippen LogP contribution in [-0.4, -0.2) is 58.5 Å². The molecule has 4 heterocycles. The van der Waals surface area contributed by atoms with Crippen LogP contribution in [0.5, 0.6) is 5.88 Å². The topological polar surface area (TPSA) is 126 Å². The van der Waals surface area contributed by atoms with Gasteiger partial charge in [-0.15, -0.1) is 0 Å². The normalized spacial score (nSPS) is 15.7. The molecule has 1 amide bonds. The first kappa shape index (κ1) is 26.0. The lowest BCUT2D eigenvalue weighted by atomic mass is 9.90. The summed E-state index contributed by atoms with van der Waals surface area (Å²) >= 11 is 0. The summed E-state index contributed by atoms with van der Waals surface area (Å²) in [7, 11) is 0. The number of carbonyl (C=O) groups excluding carboxylic acids is 1. The van der Waals surface area contributed by atoms with Crippen molar-refractivity contribution in [2.45, 2.75) is 46.1 Å². The van der Waals surface area contributed by atoms with Gasteiger partial charge in [-0.05, 0) is 52.8 Å². The molecule has 0 radical (unpaired) electrons. The zero-order chi connectivity index (χ0) is 26.6. The Morgan fingerprint density at radius 2 is 2.08 bits per heavy atom. The second-order valence-electron chi connectivity index (χ2n) is 9.48. The van der Waals surface area contributed by atoms with Crippen molar-refractivity contribution in [2.24, 2.45) is 0 Å². The van der Waals surface area contributed by atoms with Gasteiger partial charge in [-0.2, -0.15) is 15.5 Å². The fraction of sp³-hybridized carbons (Fsp3) is 0.407. The third kappa shape index (κ3) is 5.67. The number of ether oxygens (including phenoxy) is 2. The van der Waals surface area contributed by atoms with E-state index >= 15 is 0 Å². The second-order valence-corrected chi connectivity index (χ2v) is 9.48. The third-order valence-electron chi connectivity index (χ3n) is 6.28. The molecule has 1 unspecified atom stereocenters. The lowest BCUT2D eigenvalue weighted by Crippen LogP contribution is -2.44. The van der Waals surface area contributed by atoms with Gasteiger partial charge in [-0.1, -0.05) is 0 Å². The Hall–Kier alpha value is -4.10. The van der Waals surface area contributed by atoms with Crippen LogP contribution in [0.3, 0.4) is 0 Å². The number of amides is 1. The Kier molecular flexibility index (Phi) is 7.64. The summed E-state index contributed by atoms with van der Waals surface area (Å²) in [5.41, 5.74) is 3.80. The van der Waals surface area contributed by atoms with Crippen LogP contribution < -0.4 is 15.0 Å². The molecule has 0 aliphatic carbocycles. The molecule has 3 aromatic rings. The fourth-order valence-electron chi connectivity index (χ4n) is 4.08. The molecule has 37 heavy (non-hydrogen) atoms. The van der Waals surface area contributed by atoms with Crippen LogP contribution in [0, 0.1) is 18.3 Å². The zero-order valence-corrected chi connectivity index (χ0v) is 21.8. The van der Waals surface area contributed by atoms with E-state index in [1.54, 1.807) is 32.3 Å². The largest absolute Gasteiger partial charge is 0.476 e. The highest BCUT2D eigenvalue weighted by Crippen LogP contribution is 2.35. The highest BCUT2D eigenvalue weighted by atomic mass is 16.5. The maximum atomic E-state index is 13.0. The van der Waals surface area contributed by atoms with Gasteiger partial charge in [0, 0.05) is 35.6 Å². The molecule has 3 aromatic heterocycles. The van der Waals surface area contributed by atoms with Gasteiger partial charge in [-0.3, -0.25) is 9.78 Å². The molecular weight excluding hydrogens is 470 g/mol. The first-order chi connectivity index (χ1) is 17.7. The van der Waals surface area contributed by atoms with E-state index in [1.807, 2.05) is 19.9 Å². The molecule has 1 N–H and O–H groups in total. The van der Waals surface area contributed by atoms with Crippen LogP contribution in [0.25, 0.3) is 11.1 Å². The molecular formula is C27H31N7O3. The monoisotopic (exact) mass is 501 g/mol. The molecule has 10 nitrogen and oxygen atoms in total. The van der Waals surface area contributed by atoms with Crippen LogP contribution in [0.4, 0.5) is 11.4 Å². The van der Waals surface area contributed by atoms with E-state index in [-0.39, 0.29) is 11.9 Å². The molecule has 1 fully saturated rings. The maximum absolute atomic E-state index is 13.0. The van der Waals surface area contributed by atoms with Crippen LogP contribution in [0.2, 0.25) is 0 Å². The van der Waals surface area contributed by atoms with Crippen molar-refractivity contribution in [3.8, 4) is 23.1 Å². The van der Waals surface area contributed by atoms with Gasteiger partial charge >= 0.3 is 0 Å². The van der Waals surface area contributed by atoms with Gasteiger partial charge in [0.2, 0.25) is 5.88 Å². The van der Waals surface area contributed by atoms with E-state index in [2.05, 4.69) is 49.4 Å². The smallest absolute Gasteiger partial charge is 0.257 e. The van der Waals surface area contributed by atoms with E-state index in [9.17, 15) is 10.1 Å². The number of nitrogens with one attached hydrogen (secondary N) is 1. The molecule has 1 aliphatic rings. The summed E-state index contributed by atoms with van der Waals surface area (Å²) in [5.74, 6) is 0.213. The molecule has 192 valence electrons. The number of rotatable bonds is 7. The highest BCUT2D eigenvalue weighted by molar-refractivity contribution is 6.04. The minimum absolute atomic E-state index is 0.180. The van der Waals surface area contributed by atoms with Crippen molar-refractivity contribution < 1.29 is 14.3 Å². The summed E-state index contributed by atoms with van der Waals surface area (Å²) in [5, 5.41) is 20.2. The first-order valence-electron chi connectivity index (χ1n) is 12.2. The number of aryl methyl sites for hydroxylation is 1. The first-order valence-corrected chi connectivity index (χ1v) is 12.2. The van der Waals surface area contributed by atoms with Gasteiger partial charge in [0.15, 0.2) is 0 Å². The Bertz CT molecular complexity index is 1340. The zero-order valence-electron chi connectivity index (χ0n) is 21.8. The maximum Gasteiger partial charge on any atom is 0.257 e. The third-order valence-corrected chi connectivity index (χ3v) is 6.28. The number of hydrogen-bond donors (Lipinski definition) is 1. The summed E-state index contributed by atoms with van der Waals surface area (Å²) in [6.07, 6.45) is 4.75. The molecule has 4 rings (SSSR count). The molecule has 10 heteroatoms. The second kappa shape index (κ2) is 10.9. The molecule has 0 saturated carbocycles. The Balaban J connectivity index is 1.64. The predicted octanol–water partition coefficient (Wildman–Crippen LogP) is 3.92. The number of pyridine rings is 2. The van der Waals surface area contributed by atoms with E-state index in [0.717, 1.165) is 29.1 Å². The van der Waals surface area contributed by atoms with Crippen LogP contribution >= 0.6 is 0 Å². The van der Waals surface area contributed by atoms with Gasteiger partial charge in [0.1, 0.15) is 5.69 Å². The molecule has 0 bridgehead atoms. The number of hydrogen-bond acceptors (Lipinski definition) is 9. The van der Waals surface area contributed by atoms with Crippen molar-refractivity contribution >= 4 is 17.3 Å². The van der Waals surface area contributed by atoms with Crippen molar-refractivity contribution in [1.29, 1.82) is 5.26 Å². The summed E-state index contributed by atoms with van der Waals surface area (Å²) in [6, 6.07) is 7.87. The minimum Gasteiger partial charge on any atom is -0.476 e. The van der Waals surface area contributed by atoms with E-state index in [4.69, 9.17) is 9.47 Å². The summed E-state index contributed by atoms with van der Waals surface area (Å²) < 4.78 is 11.4. The van der Waals surface area contributed by atoms with Gasteiger partial charge in [0.25, 0.3) is 5.91 Å². The SMILES string of the molecule is CCOc1ncc(-c2cc(NC(=O)c3cnnc(C(C)(C)C#N)c3)cnc2C)cc1N1CCOCC1C. The fourth-order valence-corrected chi connectivity index (χ4v) is 4.08. The quantitative estimate of drug-likeness (QED) is 0.512. The Morgan fingerprint density at radius 3 is 2.81 bits per heavy atom. The Labute approximate surface area is 216 Å². The lowest BCUT2D eigenvalue weighted by molar-refractivity contribution is 0.0985. The number of carbonyl (C=O) groups is 1. The number of nitrogens with zero attached hydrogens (tertiary/aromatic N) is 6. The van der Waals surface area contributed by atoms with Crippen molar-refractivity contribution in [3.63, 3.8) is 0 Å². The van der Waals surface area contributed by atoms with Crippen LogP contribution in [-0.2, 0) is 10.2 Å². The minimum atomic E-state index is -0.863. The highest BCUT2D eigenvalue weighted by Gasteiger charge is 2.25. The predicted molar refractivity (Wildman–Crippen MR) is 140 cm³/mol. The summed E-state index contributed by atoms with van der Waals surface area (Å²) in [6.45, 7) is 11.9. The van der Waals surface area contributed by atoms with E-state index in [1.165, 1.54) is 6.20 Å². The lowest BCUT2D eigenvalue weighted by Gasteiger charge is -2.35. The van der Waals surface area contributed by atoms with Crippen molar-refractivity contribution in [2.75, 3.05) is 36.6 Å². The molecule has 1 saturated heterocycles. The molecule has 0 spiro atoms. The molecule has 1 atom stereocenters. The number of anilines is 2. The van der Waals surface area contributed by atoms with Gasteiger partial charge < -0.3 is 19.7 Å². The summed E-state index contributed by atoms with van der Waals surface area (Å²) in [4.78, 5) is 24.4. The standard InChI is InChI=1S/C27H31N7O3/c1-6-37-26-23(34-7-8-36-15-17(34)2)9-19(12-30-26)22-11-21(14-29-18(22)3)32-25(35)20-10-24(33-31-13-20)27(4,5)16-28/h9-14,17H,6-8,15H2,1-5H3,(H,32,35). The van der Waals surface area contributed by atoms with Crippen LogP contribution in [0.15, 0.2) is 36.8 Å². The molecule has 1 aliphatic heterocycles. The average Bonchev–Trinajstić information content (AvgIpc) is 2.90. The van der Waals surface area contributed by atoms with E-state index < -0.39 is 5.41 Å². The number of nitriles is 1. The number of aromatic nitrogens is 4. The van der Waals surface area contributed by atoms with Gasteiger partial charge in [-0.25, -0.2) is 4.98 Å². The van der Waals surface area contributed by atoms with Crippen molar-refractivity contribution in [3.05, 3.63) is 53.7 Å². The van der Waals surface area contributed by atoms with Crippen LogP contribution in [0.1, 0.15) is 49.4 Å². The average molecular weight is 502 g/mol. The van der Waals surface area contributed by atoms with Crippen molar-refractivity contribution in [1.82, 2.24) is 20.2 Å². The van der Waals surface area contributed by atoms with E-state index in [0.29, 0.717) is 42.6 Å². The van der Waals surface area contributed by atoms with Gasteiger partial charge in [0.05, 0.1) is 60.6 Å². The molecule has 0 aromatic carbocycles. The Morgan fingerprint density at radius 1 is 1.27 bits per heavy atom. The number of morpholine rings is 1.